The predicted octanol–water partition coefficient (Wildman–Crippen LogP) is 2.50. The lowest BCUT2D eigenvalue weighted by Gasteiger charge is -2.19. The van der Waals surface area contributed by atoms with Crippen LogP contribution in [0.2, 0.25) is 0 Å². The van der Waals surface area contributed by atoms with Gasteiger partial charge in [-0.15, -0.1) is 0 Å². The van der Waals surface area contributed by atoms with Crippen LogP contribution in [0.3, 0.4) is 0 Å². The highest BCUT2D eigenvalue weighted by molar-refractivity contribution is 9.10. The van der Waals surface area contributed by atoms with Crippen LogP contribution in [0.1, 0.15) is 13.8 Å². The summed E-state index contributed by atoms with van der Waals surface area (Å²) in [6.07, 6.45) is 0. The van der Waals surface area contributed by atoms with Gasteiger partial charge < -0.3 is 14.6 Å². The van der Waals surface area contributed by atoms with Crippen molar-refractivity contribution in [2.75, 3.05) is 13.2 Å². The third-order valence-electron chi connectivity index (χ3n) is 1.78. The first-order chi connectivity index (χ1) is 7.92. The van der Waals surface area contributed by atoms with E-state index >= 15 is 0 Å². The molecule has 17 heavy (non-hydrogen) atoms. The van der Waals surface area contributed by atoms with Crippen LogP contribution < -0.4 is 9.47 Å². The van der Waals surface area contributed by atoms with Crippen molar-refractivity contribution in [1.29, 1.82) is 5.26 Å². The molecule has 0 aliphatic heterocycles. The minimum atomic E-state index is -0.917. The smallest absolute Gasteiger partial charge is 0.174 e. The molecule has 0 saturated carbocycles. The van der Waals surface area contributed by atoms with E-state index in [0.717, 1.165) is 4.47 Å². The minimum absolute atomic E-state index is 0.0463. The Kier molecular flexibility index (Phi) is 4.79. The summed E-state index contributed by atoms with van der Waals surface area (Å²) in [5.41, 5.74) is -0.917. The number of halogens is 1. The van der Waals surface area contributed by atoms with Gasteiger partial charge in [-0.3, -0.25) is 0 Å². The Balaban J connectivity index is 2.79. The molecule has 5 heteroatoms. The second-order valence-corrected chi connectivity index (χ2v) is 5.05. The summed E-state index contributed by atoms with van der Waals surface area (Å²) >= 11 is 3.31. The van der Waals surface area contributed by atoms with Crippen LogP contribution in [0.15, 0.2) is 22.7 Å². The minimum Gasteiger partial charge on any atom is -0.487 e. The van der Waals surface area contributed by atoms with E-state index in [0.29, 0.717) is 11.5 Å². The van der Waals surface area contributed by atoms with Gasteiger partial charge in [0.05, 0.1) is 5.60 Å². The Hall–Kier alpha value is -1.25. The number of ether oxygens (including phenoxy) is 2. The lowest BCUT2D eigenvalue weighted by Crippen LogP contribution is -2.28. The van der Waals surface area contributed by atoms with Crippen LogP contribution in [0.25, 0.3) is 0 Å². The van der Waals surface area contributed by atoms with Crippen molar-refractivity contribution < 1.29 is 14.6 Å². The monoisotopic (exact) mass is 299 g/mol. The van der Waals surface area contributed by atoms with Crippen molar-refractivity contribution in [2.24, 2.45) is 0 Å². The molecule has 0 atom stereocenters. The van der Waals surface area contributed by atoms with Gasteiger partial charge >= 0.3 is 0 Å². The average Bonchev–Trinajstić information content (AvgIpc) is 2.23. The number of rotatable bonds is 5. The van der Waals surface area contributed by atoms with Gasteiger partial charge in [-0.1, -0.05) is 15.9 Å². The Labute approximate surface area is 109 Å². The van der Waals surface area contributed by atoms with Gasteiger partial charge in [0.2, 0.25) is 0 Å². The highest BCUT2D eigenvalue weighted by Gasteiger charge is 2.15. The number of hydrogen-bond donors (Lipinski definition) is 1. The van der Waals surface area contributed by atoms with Crippen molar-refractivity contribution in [3.8, 4) is 17.6 Å². The first kappa shape index (κ1) is 13.8. The zero-order valence-corrected chi connectivity index (χ0v) is 11.3. The predicted molar refractivity (Wildman–Crippen MR) is 67.0 cm³/mol. The maximum Gasteiger partial charge on any atom is 0.174 e. The summed E-state index contributed by atoms with van der Waals surface area (Å²) in [5.74, 6) is 0.982. The third-order valence-corrected chi connectivity index (χ3v) is 2.27. The van der Waals surface area contributed by atoms with Crippen molar-refractivity contribution in [3.05, 3.63) is 22.7 Å². The van der Waals surface area contributed by atoms with Crippen LogP contribution >= 0.6 is 15.9 Å². The molecule has 1 aromatic rings. The molecule has 0 unspecified atom stereocenters. The second-order valence-electron chi connectivity index (χ2n) is 4.14. The Morgan fingerprint density at radius 2 is 2.06 bits per heavy atom. The van der Waals surface area contributed by atoms with E-state index in [4.69, 9.17) is 14.7 Å². The van der Waals surface area contributed by atoms with Gasteiger partial charge in [0.25, 0.3) is 0 Å². The van der Waals surface area contributed by atoms with E-state index in [1.54, 1.807) is 32.0 Å². The van der Waals surface area contributed by atoms with Crippen molar-refractivity contribution in [1.82, 2.24) is 0 Å². The maximum absolute atomic E-state index is 9.57. The Bertz CT molecular complexity index is 421. The lowest BCUT2D eigenvalue weighted by molar-refractivity contribution is 0.0275. The molecule has 1 N–H and O–H groups in total. The molecule has 0 saturated heterocycles. The number of nitrogens with zero attached hydrogens (tertiary/aromatic N) is 1. The molecule has 0 amide bonds. The second kappa shape index (κ2) is 5.89. The van der Waals surface area contributed by atoms with Gasteiger partial charge in [0.15, 0.2) is 18.1 Å². The summed E-state index contributed by atoms with van der Waals surface area (Å²) in [5, 5.41) is 18.1. The first-order valence-electron chi connectivity index (χ1n) is 5.07. The van der Waals surface area contributed by atoms with E-state index in [1.165, 1.54) is 0 Å². The largest absolute Gasteiger partial charge is 0.487 e. The first-order valence-corrected chi connectivity index (χ1v) is 5.86. The summed E-state index contributed by atoms with van der Waals surface area (Å²) in [6, 6.07) is 7.14. The van der Waals surface area contributed by atoms with Crippen molar-refractivity contribution in [3.63, 3.8) is 0 Å². The van der Waals surface area contributed by atoms with E-state index in [2.05, 4.69) is 15.9 Å². The fourth-order valence-corrected chi connectivity index (χ4v) is 1.42. The summed E-state index contributed by atoms with van der Waals surface area (Å²) in [4.78, 5) is 0. The normalized spacial score (nSPS) is 10.8. The van der Waals surface area contributed by atoms with Crippen LogP contribution in [0, 0.1) is 11.3 Å². The lowest BCUT2D eigenvalue weighted by atomic mass is 10.2. The van der Waals surface area contributed by atoms with Gasteiger partial charge in [-0.2, -0.15) is 5.26 Å². The van der Waals surface area contributed by atoms with E-state index in [-0.39, 0.29) is 13.2 Å². The molecule has 0 bridgehead atoms. The highest BCUT2D eigenvalue weighted by atomic mass is 79.9. The molecule has 0 aromatic heterocycles. The fraction of sp³-hybridized carbons (Fsp3) is 0.417. The van der Waals surface area contributed by atoms with E-state index in [9.17, 15) is 5.11 Å². The fourth-order valence-electron chi connectivity index (χ4n) is 1.08. The average molecular weight is 300 g/mol. The zero-order chi connectivity index (χ0) is 12.9. The molecule has 0 radical (unpaired) electrons. The van der Waals surface area contributed by atoms with Crippen LogP contribution in [0.5, 0.6) is 11.5 Å². The Morgan fingerprint density at radius 1 is 1.35 bits per heavy atom. The molecule has 0 aliphatic rings. The molecule has 1 aromatic carbocycles. The van der Waals surface area contributed by atoms with Crippen LogP contribution in [-0.2, 0) is 0 Å². The van der Waals surface area contributed by atoms with Gasteiger partial charge in [-0.25, -0.2) is 0 Å². The molecule has 0 aliphatic carbocycles. The molecule has 1 rings (SSSR count). The molecular weight excluding hydrogens is 286 g/mol. The maximum atomic E-state index is 9.57. The van der Waals surface area contributed by atoms with Gasteiger partial charge in [0.1, 0.15) is 12.7 Å². The highest BCUT2D eigenvalue weighted by Crippen LogP contribution is 2.31. The van der Waals surface area contributed by atoms with Gasteiger partial charge in [-0.05, 0) is 32.0 Å². The molecule has 0 fully saturated rings. The number of aliphatic hydroxyl groups is 1. The third kappa shape index (κ3) is 5.07. The summed E-state index contributed by atoms with van der Waals surface area (Å²) in [7, 11) is 0. The topological polar surface area (TPSA) is 62.5 Å². The van der Waals surface area contributed by atoms with Gasteiger partial charge in [0, 0.05) is 4.47 Å². The molecule has 0 heterocycles. The quantitative estimate of drug-likeness (QED) is 0.907. The molecule has 0 spiro atoms. The summed E-state index contributed by atoms with van der Waals surface area (Å²) in [6.45, 7) is 3.41. The van der Waals surface area contributed by atoms with Crippen molar-refractivity contribution >= 4 is 15.9 Å². The SMILES string of the molecule is CC(C)(O)COc1ccc(Br)cc1OCC#N. The number of hydrogen-bond acceptors (Lipinski definition) is 4. The van der Waals surface area contributed by atoms with Crippen molar-refractivity contribution in [2.45, 2.75) is 19.4 Å². The van der Waals surface area contributed by atoms with Crippen LogP contribution in [0.4, 0.5) is 0 Å². The number of nitriles is 1. The van der Waals surface area contributed by atoms with E-state index in [1.807, 2.05) is 6.07 Å². The van der Waals surface area contributed by atoms with Crippen LogP contribution in [-0.4, -0.2) is 23.9 Å². The summed E-state index contributed by atoms with van der Waals surface area (Å²) < 4.78 is 11.5. The standard InChI is InChI=1S/C12H14BrNO3/c1-12(2,15)8-17-10-4-3-9(13)7-11(10)16-6-5-14/h3-4,7,15H,6,8H2,1-2H3. The Morgan fingerprint density at radius 3 is 2.65 bits per heavy atom. The molecule has 4 nitrogen and oxygen atoms in total. The molecular formula is C12H14BrNO3. The number of benzene rings is 1. The van der Waals surface area contributed by atoms with E-state index < -0.39 is 5.60 Å². The molecule has 92 valence electrons. The zero-order valence-electron chi connectivity index (χ0n) is 9.74.